The minimum atomic E-state index is -0.321. The Hall–Kier alpha value is -0.0800. The highest BCUT2D eigenvalue weighted by molar-refractivity contribution is 4.83. The van der Waals surface area contributed by atoms with E-state index in [9.17, 15) is 5.11 Å². The summed E-state index contributed by atoms with van der Waals surface area (Å²) in [5.41, 5.74) is 0. The summed E-state index contributed by atoms with van der Waals surface area (Å²) >= 11 is 0. The Bertz CT molecular complexity index is 292. The third kappa shape index (κ3) is 7.13. The van der Waals surface area contributed by atoms with Crippen LogP contribution in [0.4, 0.5) is 0 Å². The van der Waals surface area contributed by atoms with Crippen molar-refractivity contribution in [2.24, 2.45) is 11.8 Å². The minimum Gasteiger partial charge on any atom is -0.378 e. The molecule has 134 valence electrons. The molecule has 4 unspecified atom stereocenters. The van der Waals surface area contributed by atoms with Crippen molar-refractivity contribution < 1.29 is 9.84 Å². The summed E-state index contributed by atoms with van der Waals surface area (Å²) in [5, 5.41) is 12.3. The first-order valence-electron chi connectivity index (χ1n) is 10.4. The standard InChI is InChI=1S/C21H38O2/c1-2-3-4-5-6-7-8-9-17-23-21-16-15-20(22)18-11-10-12-19(21)14-13-18/h18-21H,1-17H2. The van der Waals surface area contributed by atoms with Crippen LogP contribution in [0.5, 0.6) is 0 Å². The van der Waals surface area contributed by atoms with Crippen LogP contribution in [0.25, 0.3) is 0 Å². The van der Waals surface area contributed by atoms with Crippen molar-refractivity contribution >= 4 is 0 Å². The molecule has 23 heavy (non-hydrogen) atoms. The van der Waals surface area contributed by atoms with Crippen LogP contribution in [0.1, 0.15) is 96.3 Å². The number of ether oxygens (including phenoxy) is 1. The molecule has 2 rings (SSSR count). The Morgan fingerprint density at radius 2 is 1.39 bits per heavy atom. The van der Waals surface area contributed by atoms with Crippen LogP contribution in [-0.4, -0.2) is 18.8 Å². The first-order valence-corrected chi connectivity index (χ1v) is 10.4. The summed E-state index contributed by atoms with van der Waals surface area (Å²) in [5.74, 6) is 1.19. The van der Waals surface area contributed by atoms with E-state index in [1.54, 1.807) is 0 Å². The van der Waals surface area contributed by atoms with Gasteiger partial charge in [0.15, 0.2) is 0 Å². The Labute approximate surface area is 144 Å². The average Bonchev–Trinajstić information content (AvgIpc) is 2.77. The van der Waals surface area contributed by atoms with Crippen LogP contribution in [0.3, 0.4) is 0 Å². The molecule has 0 aromatic rings. The molecule has 2 fully saturated rings. The number of hydrogen-bond donors (Lipinski definition) is 0. The molecule has 2 heteroatoms. The quantitative estimate of drug-likeness (QED) is 0.446. The van der Waals surface area contributed by atoms with Crippen molar-refractivity contribution in [1.82, 2.24) is 0 Å². The van der Waals surface area contributed by atoms with E-state index < -0.39 is 0 Å². The molecule has 0 heterocycles. The molecule has 2 radical (unpaired) electrons. The van der Waals surface area contributed by atoms with Gasteiger partial charge in [-0.1, -0.05) is 58.3 Å². The normalized spacial score (nSPS) is 31.6. The van der Waals surface area contributed by atoms with Gasteiger partial charge in [0, 0.05) is 6.61 Å². The first kappa shape index (κ1) is 19.2. The van der Waals surface area contributed by atoms with E-state index in [1.807, 2.05) is 0 Å². The van der Waals surface area contributed by atoms with Crippen molar-refractivity contribution in [1.29, 1.82) is 0 Å². The van der Waals surface area contributed by atoms with E-state index in [-0.39, 0.29) is 6.10 Å². The second kappa shape index (κ2) is 11.5. The van der Waals surface area contributed by atoms with Crippen molar-refractivity contribution in [3.63, 3.8) is 0 Å². The Balaban J connectivity index is 1.57. The lowest BCUT2D eigenvalue weighted by Crippen LogP contribution is -2.29. The molecule has 0 aromatic heterocycles. The Morgan fingerprint density at radius 1 is 0.739 bits per heavy atom. The third-order valence-corrected chi connectivity index (χ3v) is 6.07. The van der Waals surface area contributed by atoms with E-state index in [0.717, 1.165) is 38.2 Å². The molecule has 0 N–H and O–H groups in total. The highest BCUT2D eigenvalue weighted by Crippen LogP contribution is 2.37. The zero-order valence-corrected chi connectivity index (χ0v) is 15.1. The fourth-order valence-corrected chi connectivity index (χ4v) is 4.52. The third-order valence-electron chi connectivity index (χ3n) is 6.07. The topological polar surface area (TPSA) is 29.1 Å². The van der Waals surface area contributed by atoms with Gasteiger partial charge in [-0.05, 0) is 56.8 Å². The Kier molecular flexibility index (Phi) is 9.60. The molecule has 0 aromatic carbocycles. The van der Waals surface area contributed by atoms with Gasteiger partial charge in [-0.2, -0.15) is 0 Å². The SMILES string of the molecule is [CH2]CCCCCCCCCOC1CCC([O])C2CCCC1CC2. The molecule has 4 atom stereocenters. The molecule has 2 aliphatic carbocycles. The van der Waals surface area contributed by atoms with Crippen molar-refractivity contribution in [3.05, 3.63) is 6.92 Å². The summed E-state index contributed by atoms with van der Waals surface area (Å²) in [6.07, 6.45) is 18.3. The molecular weight excluding hydrogens is 284 g/mol. The van der Waals surface area contributed by atoms with Gasteiger partial charge in [0.25, 0.3) is 0 Å². The van der Waals surface area contributed by atoms with Crippen LogP contribution >= 0.6 is 0 Å². The predicted molar refractivity (Wildman–Crippen MR) is 95.8 cm³/mol. The van der Waals surface area contributed by atoms with Gasteiger partial charge in [0.1, 0.15) is 0 Å². The summed E-state index contributed by atoms with van der Waals surface area (Å²) in [7, 11) is 0. The van der Waals surface area contributed by atoms with Crippen molar-refractivity contribution in [2.45, 2.75) is 109 Å². The van der Waals surface area contributed by atoms with Crippen LogP contribution in [0.15, 0.2) is 0 Å². The molecule has 0 amide bonds. The summed E-state index contributed by atoms with van der Waals surface area (Å²) in [4.78, 5) is 0. The molecule has 2 nitrogen and oxygen atoms in total. The predicted octanol–water partition coefficient (Wildman–Crippen LogP) is 6.12. The lowest BCUT2D eigenvalue weighted by atomic mass is 9.84. The number of unbranched alkanes of at least 4 members (excludes halogenated alkanes) is 7. The smallest absolute Gasteiger partial charge is 0.0959 e. The number of rotatable bonds is 10. The maximum atomic E-state index is 12.3. The lowest BCUT2D eigenvalue weighted by Gasteiger charge is -2.30. The van der Waals surface area contributed by atoms with E-state index in [4.69, 9.17) is 4.74 Å². The average molecular weight is 323 g/mol. The highest BCUT2D eigenvalue weighted by atomic mass is 16.5. The maximum absolute atomic E-state index is 12.3. The van der Waals surface area contributed by atoms with Crippen molar-refractivity contribution in [3.8, 4) is 0 Å². The summed E-state index contributed by atoms with van der Waals surface area (Å²) in [6.45, 7) is 4.80. The van der Waals surface area contributed by atoms with Gasteiger partial charge in [0.05, 0.1) is 12.2 Å². The molecule has 2 saturated carbocycles. The molecular formula is C21H38O2. The Morgan fingerprint density at radius 3 is 2.17 bits per heavy atom. The van der Waals surface area contributed by atoms with Crippen LogP contribution in [0, 0.1) is 18.8 Å². The first-order chi connectivity index (χ1) is 11.3. The van der Waals surface area contributed by atoms with Gasteiger partial charge in [-0.25, -0.2) is 5.11 Å². The second-order valence-electron chi connectivity index (χ2n) is 7.88. The van der Waals surface area contributed by atoms with Crippen LogP contribution in [0.2, 0.25) is 0 Å². The fourth-order valence-electron chi connectivity index (χ4n) is 4.52. The monoisotopic (exact) mass is 322 g/mol. The lowest BCUT2D eigenvalue weighted by molar-refractivity contribution is -0.0368. The maximum Gasteiger partial charge on any atom is 0.0959 e. The zero-order valence-electron chi connectivity index (χ0n) is 15.1. The van der Waals surface area contributed by atoms with Gasteiger partial charge < -0.3 is 4.74 Å². The van der Waals surface area contributed by atoms with E-state index in [0.29, 0.717) is 12.0 Å². The summed E-state index contributed by atoms with van der Waals surface area (Å²) in [6, 6.07) is 0. The van der Waals surface area contributed by atoms with Crippen LogP contribution in [-0.2, 0) is 9.84 Å². The van der Waals surface area contributed by atoms with E-state index >= 15 is 0 Å². The molecule has 0 aliphatic heterocycles. The van der Waals surface area contributed by atoms with Gasteiger partial charge in [-0.15, -0.1) is 0 Å². The fraction of sp³-hybridized carbons (Fsp3) is 0.952. The van der Waals surface area contributed by atoms with Gasteiger partial charge in [-0.3, -0.25) is 0 Å². The van der Waals surface area contributed by atoms with E-state index in [2.05, 4.69) is 6.92 Å². The van der Waals surface area contributed by atoms with Gasteiger partial charge in [0.2, 0.25) is 0 Å². The molecule has 0 spiro atoms. The molecule has 0 saturated heterocycles. The zero-order chi connectivity index (χ0) is 16.3. The number of hydrogen-bond acceptors (Lipinski definition) is 1. The largest absolute Gasteiger partial charge is 0.378 e. The van der Waals surface area contributed by atoms with Crippen molar-refractivity contribution in [2.75, 3.05) is 6.61 Å². The molecule has 2 bridgehead atoms. The number of fused-ring (bicyclic) bond motifs is 3. The van der Waals surface area contributed by atoms with Gasteiger partial charge >= 0.3 is 0 Å². The molecule has 2 aliphatic rings. The van der Waals surface area contributed by atoms with Crippen LogP contribution < -0.4 is 0 Å². The summed E-state index contributed by atoms with van der Waals surface area (Å²) < 4.78 is 6.25. The second-order valence-corrected chi connectivity index (χ2v) is 7.88. The highest BCUT2D eigenvalue weighted by Gasteiger charge is 2.33. The van der Waals surface area contributed by atoms with E-state index in [1.165, 1.54) is 70.6 Å². The minimum absolute atomic E-state index is 0.321.